The van der Waals surface area contributed by atoms with Crippen LogP contribution in [0.2, 0.25) is 0 Å². The minimum atomic E-state index is -6.67. The zero-order valence-corrected chi connectivity index (χ0v) is 21.9. The Morgan fingerprint density at radius 1 is 0.930 bits per heavy atom. The molecule has 0 radical (unpaired) electrons. The Morgan fingerprint density at radius 2 is 1.51 bits per heavy atom. The predicted molar refractivity (Wildman–Crippen MR) is 133 cm³/mol. The van der Waals surface area contributed by atoms with Crippen molar-refractivity contribution in [3.8, 4) is 11.5 Å². The van der Waals surface area contributed by atoms with Crippen LogP contribution in [0.15, 0.2) is 54.6 Å². The fraction of sp³-hybridized carbons (Fsp3) is 0.259. The van der Waals surface area contributed by atoms with E-state index in [9.17, 15) is 54.2 Å². The highest BCUT2D eigenvalue weighted by molar-refractivity contribution is 6.09. The molecule has 232 valence electrons. The molecular weight excluding hydrogens is 606 g/mol. The maximum absolute atomic E-state index is 15.6. The number of rotatable bonds is 8. The second kappa shape index (κ2) is 12.0. The van der Waals surface area contributed by atoms with Gasteiger partial charge in [-0.05, 0) is 49.7 Å². The standard InChI is InChI=1S/C27H20F10N2O4/c1-3-39(23(42)15-8-5-4-7-13(15)2)17-10-6-9-16(20(17)28)22(41)38-21-18(40)11-14(12-19(21)43-24(29)30)25(31,26(32,33)34)27(35,36)37/h4-12,24,40H,3H2,1-2H3,(H,38,41). The smallest absolute Gasteiger partial charge is 0.435 e. The van der Waals surface area contributed by atoms with Gasteiger partial charge in [-0.2, -0.15) is 35.1 Å². The van der Waals surface area contributed by atoms with Gasteiger partial charge < -0.3 is 20.1 Å². The largest absolute Gasteiger partial charge is 0.506 e. The van der Waals surface area contributed by atoms with Crippen LogP contribution < -0.4 is 15.0 Å². The fourth-order valence-electron chi connectivity index (χ4n) is 4.07. The van der Waals surface area contributed by atoms with E-state index in [1.807, 2.05) is 0 Å². The summed E-state index contributed by atoms with van der Waals surface area (Å²) in [6.45, 7) is -0.939. The van der Waals surface area contributed by atoms with Gasteiger partial charge in [0.1, 0.15) is 11.4 Å². The molecule has 0 bridgehead atoms. The number of hydrogen-bond donors (Lipinski definition) is 2. The van der Waals surface area contributed by atoms with Gasteiger partial charge in [-0.1, -0.05) is 24.3 Å². The van der Waals surface area contributed by atoms with Gasteiger partial charge in [0.2, 0.25) is 0 Å². The van der Waals surface area contributed by atoms with Crippen LogP contribution in [-0.2, 0) is 5.67 Å². The van der Waals surface area contributed by atoms with Crippen molar-refractivity contribution in [3.05, 3.63) is 82.7 Å². The number of aromatic hydroxyl groups is 1. The fourth-order valence-corrected chi connectivity index (χ4v) is 4.07. The number of hydrogen-bond acceptors (Lipinski definition) is 4. The number of aryl methyl sites for hydroxylation is 1. The molecule has 3 aromatic rings. The topological polar surface area (TPSA) is 78.9 Å². The molecule has 0 spiro atoms. The SMILES string of the molecule is CCN(C(=O)c1ccccc1C)c1cccc(C(=O)Nc2c(O)cc(C(F)(C(F)(F)F)C(F)(F)F)cc2OC(F)F)c1F. The molecule has 0 saturated carbocycles. The van der Waals surface area contributed by atoms with Crippen molar-refractivity contribution < 1.29 is 63.3 Å². The third kappa shape index (κ3) is 6.32. The van der Waals surface area contributed by atoms with Crippen LogP contribution in [0, 0.1) is 12.7 Å². The number of phenols is 1. The molecule has 6 nitrogen and oxygen atoms in total. The molecule has 0 aliphatic heterocycles. The van der Waals surface area contributed by atoms with Crippen molar-refractivity contribution in [1.82, 2.24) is 0 Å². The molecule has 0 aromatic heterocycles. The highest BCUT2D eigenvalue weighted by Crippen LogP contribution is 2.55. The number of phenolic OH excluding ortho intramolecular Hbond substituents is 1. The minimum Gasteiger partial charge on any atom is -0.506 e. The molecule has 0 saturated heterocycles. The van der Waals surface area contributed by atoms with Crippen molar-refractivity contribution in [2.45, 2.75) is 38.5 Å². The summed E-state index contributed by atoms with van der Waals surface area (Å²) in [7, 11) is 0. The number of carbonyl (C=O) groups excluding carboxylic acids is 2. The molecule has 2 amide bonds. The van der Waals surface area contributed by atoms with Gasteiger partial charge in [0.05, 0.1) is 11.3 Å². The zero-order valence-electron chi connectivity index (χ0n) is 21.9. The molecule has 3 rings (SSSR count). The number of alkyl halides is 9. The second-order valence-corrected chi connectivity index (χ2v) is 8.86. The van der Waals surface area contributed by atoms with Gasteiger partial charge in [-0.25, -0.2) is 8.78 Å². The third-order valence-electron chi connectivity index (χ3n) is 6.17. The van der Waals surface area contributed by atoms with Crippen molar-refractivity contribution in [3.63, 3.8) is 0 Å². The highest BCUT2D eigenvalue weighted by Gasteiger charge is 2.73. The first-order valence-corrected chi connectivity index (χ1v) is 12.0. The normalized spacial score (nSPS) is 12.3. The molecule has 43 heavy (non-hydrogen) atoms. The van der Waals surface area contributed by atoms with Gasteiger partial charge in [-0.15, -0.1) is 0 Å². The molecular formula is C27H20F10N2O4. The average molecular weight is 626 g/mol. The summed E-state index contributed by atoms with van der Waals surface area (Å²) in [5.41, 5.74) is -10.4. The lowest BCUT2D eigenvalue weighted by Crippen LogP contribution is -2.50. The maximum Gasteiger partial charge on any atom is 0.435 e. The Bertz CT molecular complexity index is 1510. The van der Waals surface area contributed by atoms with Gasteiger partial charge in [0.15, 0.2) is 11.6 Å². The first-order chi connectivity index (χ1) is 19.8. The van der Waals surface area contributed by atoms with E-state index < -0.39 is 88.4 Å². The molecule has 0 aliphatic carbocycles. The van der Waals surface area contributed by atoms with E-state index in [1.54, 1.807) is 30.4 Å². The molecule has 2 N–H and O–H groups in total. The zero-order chi connectivity index (χ0) is 32.5. The van der Waals surface area contributed by atoms with E-state index in [-0.39, 0.29) is 12.1 Å². The van der Waals surface area contributed by atoms with Gasteiger partial charge in [0.25, 0.3) is 11.8 Å². The lowest BCUT2D eigenvalue weighted by Gasteiger charge is -2.31. The van der Waals surface area contributed by atoms with Gasteiger partial charge in [0, 0.05) is 17.7 Å². The molecule has 0 unspecified atom stereocenters. The number of halogens is 10. The number of amides is 2. The lowest BCUT2D eigenvalue weighted by molar-refractivity contribution is -0.348. The number of nitrogens with zero attached hydrogens (tertiary/aromatic N) is 1. The summed E-state index contributed by atoms with van der Waals surface area (Å²) in [5, 5.41) is 11.8. The van der Waals surface area contributed by atoms with Crippen LogP contribution in [0.25, 0.3) is 0 Å². The molecule has 3 aromatic carbocycles. The summed E-state index contributed by atoms with van der Waals surface area (Å²) in [6, 6.07) is 8.55. The van der Waals surface area contributed by atoms with E-state index in [0.29, 0.717) is 5.56 Å². The highest BCUT2D eigenvalue weighted by atomic mass is 19.4. The van der Waals surface area contributed by atoms with Crippen molar-refractivity contribution in [1.29, 1.82) is 0 Å². The van der Waals surface area contributed by atoms with Crippen molar-refractivity contribution in [2.24, 2.45) is 0 Å². The average Bonchev–Trinajstić information content (AvgIpc) is 2.89. The predicted octanol–water partition coefficient (Wildman–Crippen LogP) is 7.65. The molecule has 0 aliphatic rings. The first kappa shape index (κ1) is 33.0. The van der Waals surface area contributed by atoms with Crippen LogP contribution >= 0.6 is 0 Å². The van der Waals surface area contributed by atoms with Crippen molar-refractivity contribution >= 4 is 23.2 Å². The van der Waals surface area contributed by atoms with E-state index in [2.05, 4.69) is 4.74 Å². The second-order valence-electron chi connectivity index (χ2n) is 8.86. The Morgan fingerprint density at radius 3 is 2.05 bits per heavy atom. The quantitative estimate of drug-likeness (QED) is 0.199. The van der Waals surface area contributed by atoms with E-state index in [4.69, 9.17) is 0 Å². The Balaban J connectivity index is 2.08. The number of ether oxygens (including phenoxy) is 1. The van der Waals surface area contributed by atoms with Crippen LogP contribution in [0.4, 0.5) is 55.3 Å². The monoisotopic (exact) mass is 626 g/mol. The van der Waals surface area contributed by atoms with Crippen LogP contribution in [0.3, 0.4) is 0 Å². The Hall–Kier alpha value is -4.50. The minimum absolute atomic E-state index is 0.104. The third-order valence-corrected chi connectivity index (χ3v) is 6.17. The molecule has 0 heterocycles. The van der Waals surface area contributed by atoms with Gasteiger partial charge in [-0.3, -0.25) is 9.59 Å². The van der Waals surface area contributed by atoms with E-state index in [0.717, 1.165) is 23.1 Å². The summed E-state index contributed by atoms with van der Waals surface area (Å²) >= 11 is 0. The number of nitrogens with one attached hydrogen (secondary N) is 1. The Kier molecular flexibility index (Phi) is 9.22. The molecule has 0 atom stereocenters. The first-order valence-electron chi connectivity index (χ1n) is 12.0. The summed E-state index contributed by atoms with van der Waals surface area (Å²) < 4.78 is 139. The number of benzene rings is 3. The van der Waals surface area contributed by atoms with Crippen LogP contribution in [-0.4, -0.2) is 42.4 Å². The molecule has 16 heteroatoms. The van der Waals surface area contributed by atoms with E-state index in [1.165, 1.54) is 13.0 Å². The van der Waals surface area contributed by atoms with E-state index >= 15 is 4.39 Å². The van der Waals surface area contributed by atoms with Gasteiger partial charge >= 0.3 is 24.6 Å². The lowest BCUT2D eigenvalue weighted by atomic mass is 9.93. The summed E-state index contributed by atoms with van der Waals surface area (Å²) in [5.74, 6) is -7.01. The van der Waals surface area contributed by atoms with Crippen molar-refractivity contribution in [2.75, 3.05) is 16.8 Å². The Labute approximate surface area is 236 Å². The van der Waals surface area contributed by atoms with Crippen LogP contribution in [0.5, 0.6) is 11.5 Å². The maximum atomic E-state index is 15.6. The number of anilines is 2. The molecule has 0 fully saturated rings. The summed E-state index contributed by atoms with van der Waals surface area (Å²) in [4.78, 5) is 27.0. The number of carbonyl (C=O) groups is 2. The summed E-state index contributed by atoms with van der Waals surface area (Å²) in [6.07, 6.45) is -13.3. The van der Waals surface area contributed by atoms with Crippen LogP contribution in [0.1, 0.15) is 38.8 Å².